The number of methoxy groups -OCH3 is 2. The molecule has 2 rings (SSSR count). The van der Waals surface area contributed by atoms with Gasteiger partial charge in [-0.1, -0.05) is 26.2 Å². The lowest BCUT2D eigenvalue weighted by Crippen LogP contribution is -2.23. The molecular weight excluding hydrogens is 282 g/mol. The minimum atomic E-state index is -0.228. The largest absolute Gasteiger partial charge is 0.508 e. The summed E-state index contributed by atoms with van der Waals surface area (Å²) in [7, 11) is 2.97. The summed E-state index contributed by atoms with van der Waals surface area (Å²) < 4.78 is 12.3. The molecule has 0 aliphatic rings. The van der Waals surface area contributed by atoms with Gasteiger partial charge in [-0.05, 0) is 18.6 Å². The van der Waals surface area contributed by atoms with Crippen molar-refractivity contribution in [3.8, 4) is 17.2 Å². The molecule has 0 saturated heterocycles. The van der Waals surface area contributed by atoms with Crippen molar-refractivity contribution >= 4 is 10.9 Å². The highest BCUT2D eigenvalue weighted by Gasteiger charge is 2.18. The highest BCUT2D eigenvalue weighted by atomic mass is 16.5. The average Bonchev–Trinajstić information content (AvgIpc) is 2.52. The Morgan fingerprint density at radius 2 is 1.82 bits per heavy atom. The first kappa shape index (κ1) is 16.2. The Kier molecular flexibility index (Phi) is 5.31. The molecule has 0 aliphatic heterocycles. The second-order valence-electron chi connectivity index (χ2n) is 5.29. The number of fused-ring (bicyclic) bond motifs is 1. The molecule has 2 aromatic rings. The van der Waals surface area contributed by atoms with Crippen LogP contribution in [0.1, 0.15) is 32.6 Å². The molecule has 5 heteroatoms. The molecule has 1 aromatic heterocycles. The maximum absolute atomic E-state index is 12.6. The maximum Gasteiger partial charge on any atom is 0.297 e. The van der Waals surface area contributed by atoms with Gasteiger partial charge in [0, 0.05) is 18.0 Å². The fourth-order valence-electron chi connectivity index (χ4n) is 2.69. The van der Waals surface area contributed by atoms with E-state index in [2.05, 4.69) is 6.92 Å². The van der Waals surface area contributed by atoms with Gasteiger partial charge in [0.05, 0.1) is 19.7 Å². The van der Waals surface area contributed by atoms with Crippen LogP contribution >= 0.6 is 0 Å². The Morgan fingerprint density at radius 1 is 1.09 bits per heavy atom. The topological polar surface area (TPSA) is 60.7 Å². The molecule has 0 amide bonds. The first-order valence-electron chi connectivity index (χ1n) is 7.61. The van der Waals surface area contributed by atoms with Crippen molar-refractivity contribution in [2.75, 3.05) is 14.2 Å². The number of hydrogen-bond donors (Lipinski definition) is 1. The van der Waals surface area contributed by atoms with Crippen LogP contribution in [0, 0.1) is 0 Å². The van der Waals surface area contributed by atoms with E-state index < -0.39 is 0 Å². The van der Waals surface area contributed by atoms with Crippen molar-refractivity contribution in [2.24, 2.45) is 0 Å². The number of ether oxygens (including phenoxy) is 2. The molecule has 0 bridgehead atoms. The molecule has 0 fully saturated rings. The highest BCUT2D eigenvalue weighted by molar-refractivity contribution is 5.89. The first-order chi connectivity index (χ1) is 10.6. The summed E-state index contributed by atoms with van der Waals surface area (Å²) in [6.45, 7) is 2.75. The van der Waals surface area contributed by atoms with Crippen LogP contribution in [0.4, 0.5) is 0 Å². The fraction of sp³-hybridized carbons (Fsp3) is 0.471. The van der Waals surface area contributed by atoms with E-state index in [-0.39, 0.29) is 17.1 Å². The zero-order valence-corrected chi connectivity index (χ0v) is 13.4. The summed E-state index contributed by atoms with van der Waals surface area (Å²) in [5.74, 6) is 0.741. The zero-order chi connectivity index (χ0) is 16.1. The molecule has 22 heavy (non-hydrogen) atoms. The van der Waals surface area contributed by atoms with Crippen molar-refractivity contribution in [1.29, 1.82) is 0 Å². The molecule has 1 N–H and O–H groups in total. The molecule has 1 heterocycles. The summed E-state index contributed by atoms with van der Waals surface area (Å²) in [4.78, 5) is 12.6. The van der Waals surface area contributed by atoms with Crippen LogP contribution in [0.3, 0.4) is 0 Å². The van der Waals surface area contributed by atoms with Gasteiger partial charge in [0.2, 0.25) is 5.75 Å². The predicted octanol–water partition coefficient (Wildman–Crippen LogP) is 3.30. The van der Waals surface area contributed by atoms with Crippen molar-refractivity contribution < 1.29 is 14.6 Å². The van der Waals surface area contributed by atoms with Crippen LogP contribution in [0.2, 0.25) is 0 Å². The monoisotopic (exact) mass is 305 g/mol. The number of hydrogen-bond acceptors (Lipinski definition) is 4. The standard InChI is InChI=1S/C17H23NO4/c1-4-5-6-7-10-18-14-11-12(19)8-9-13(14)15(21-2)16(22-3)17(18)20/h8-9,11,19H,4-7,10H2,1-3H3. The van der Waals surface area contributed by atoms with E-state index >= 15 is 0 Å². The quantitative estimate of drug-likeness (QED) is 0.797. The number of pyridine rings is 1. The molecule has 120 valence electrons. The van der Waals surface area contributed by atoms with E-state index in [0.717, 1.165) is 31.1 Å². The van der Waals surface area contributed by atoms with Crippen molar-refractivity contribution in [3.63, 3.8) is 0 Å². The SMILES string of the molecule is CCCCCCn1c(=O)c(OC)c(OC)c2ccc(O)cc21. The smallest absolute Gasteiger partial charge is 0.297 e. The summed E-state index contributed by atoms with van der Waals surface area (Å²) in [5.41, 5.74) is 0.438. The van der Waals surface area contributed by atoms with Gasteiger partial charge in [0.1, 0.15) is 5.75 Å². The minimum Gasteiger partial charge on any atom is -0.508 e. The van der Waals surface area contributed by atoms with Crippen LogP contribution in [0.5, 0.6) is 17.2 Å². The maximum atomic E-state index is 12.6. The van der Waals surface area contributed by atoms with E-state index in [0.29, 0.717) is 17.8 Å². The molecule has 0 unspecified atom stereocenters. The van der Waals surface area contributed by atoms with Gasteiger partial charge in [-0.3, -0.25) is 4.79 Å². The fourth-order valence-corrected chi connectivity index (χ4v) is 2.69. The Morgan fingerprint density at radius 3 is 2.45 bits per heavy atom. The molecule has 5 nitrogen and oxygen atoms in total. The lowest BCUT2D eigenvalue weighted by molar-refractivity contribution is 0.350. The van der Waals surface area contributed by atoms with E-state index in [9.17, 15) is 9.90 Å². The van der Waals surface area contributed by atoms with Gasteiger partial charge in [-0.2, -0.15) is 0 Å². The third kappa shape index (κ3) is 3.03. The van der Waals surface area contributed by atoms with Gasteiger partial charge < -0.3 is 19.1 Å². The first-order valence-corrected chi connectivity index (χ1v) is 7.61. The summed E-state index contributed by atoms with van der Waals surface area (Å²) in [6.07, 6.45) is 4.26. The third-order valence-electron chi connectivity index (χ3n) is 3.81. The second kappa shape index (κ2) is 7.20. The van der Waals surface area contributed by atoms with E-state index in [1.807, 2.05) is 0 Å². The van der Waals surface area contributed by atoms with Crippen LogP contribution in [-0.4, -0.2) is 23.9 Å². The number of aromatic hydroxyl groups is 1. The van der Waals surface area contributed by atoms with Gasteiger partial charge in [0.25, 0.3) is 5.56 Å². The number of benzene rings is 1. The number of aromatic nitrogens is 1. The molecule has 0 radical (unpaired) electrons. The van der Waals surface area contributed by atoms with E-state index in [4.69, 9.17) is 9.47 Å². The summed E-state index contributed by atoms with van der Waals surface area (Å²) >= 11 is 0. The molecule has 0 aliphatic carbocycles. The second-order valence-corrected chi connectivity index (χ2v) is 5.29. The van der Waals surface area contributed by atoms with Crippen LogP contribution < -0.4 is 15.0 Å². The number of phenolic OH excluding ortho intramolecular Hbond substituents is 1. The number of aryl methyl sites for hydroxylation is 1. The van der Waals surface area contributed by atoms with Gasteiger partial charge in [0.15, 0.2) is 5.75 Å². The predicted molar refractivity (Wildman–Crippen MR) is 87.1 cm³/mol. The molecular formula is C17H23NO4. The van der Waals surface area contributed by atoms with Crippen LogP contribution in [0.15, 0.2) is 23.0 Å². The van der Waals surface area contributed by atoms with Gasteiger partial charge in [-0.25, -0.2) is 0 Å². The molecule has 1 aromatic carbocycles. The number of phenols is 1. The number of nitrogens with zero attached hydrogens (tertiary/aromatic N) is 1. The third-order valence-corrected chi connectivity index (χ3v) is 3.81. The molecule has 0 saturated carbocycles. The summed E-state index contributed by atoms with van der Waals surface area (Å²) in [6, 6.07) is 4.92. The van der Waals surface area contributed by atoms with Gasteiger partial charge >= 0.3 is 0 Å². The van der Waals surface area contributed by atoms with Crippen LogP contribution in [0.25, 0.3) is 10.9 Å². The summed E-state index contributed by atoms with van der Waals surface area (Å²) in [5, 5.41) is 10.5. The van der Waals surface area contributed by atoms with Gasteiger partial charge in [-0.15, -0.1) is 0 Å². The zero-order valence-electron chi connectivity index (χ0n) is 13.4. The average molecular weight is 305 g/mol. The molecule has 0 atom stereocenters. The molecule has 0 spiro atoms. The Balaban J connectivity index is 2.59. The van der Waals surface area contributed by atoms with Crippen LogP contribution in [-0.2, 0) is 6.54 Å². The van der Waals surface area contributed by atoms with Crippen molar-refractivity contribution in [2.45, 2.75) is 39.2 Å². The lowest BCUT2D eigenvalue weighted by atomic mass is 10.1. The Bertz CT molecular complexity index is 706. The lowest BCUT2D eigenvalue weighted by Gasteiger charge is -2.16. The van der Waals surface area contributed by atoms with E-state index in [1.54, 1.807) is 22.8 Å². The van der Waals surface area contributed by atoms with Crippen molar-refractivity contribution in [3.05, 3.63) is 28.6 Å². The minimum absolute atomic E-state index is 0.126. The Labute approximate surface area is 130 Å². The number of unbranched alkanes of at least 4 members (excludes halogenated alkanes) is 3. The normalized spacial score (nSPS) is 10.9. The highest BCUT2D eigenvalue weighted by Crippen LogP contribution is 2.34. The van der Waals surface area contributed by atoms with Crippen molar-refractivity contribution in [1.82, 2.24) is 4.57 Å². The Hall–Kier alpha value is -2.17. The number of rotatable bonds is 7. The van der Waals surface area contributed by atoms with E-state index in [1.165, 1.54) is 14.2 Å².